The molecular weight excluding hydrogens is 188 g/mol. The highest BCUT2D eigenvalue weighted by Crippen LogP contribution is 2.16. The molecule has 3 nitrogen and oxygen atoms in total. The Morgan fingerprint density at radius 3 is 2.69 bits per heavy atom. The minimum atomic E-state index is -0.0971. The summed E-state index contributed by atoms with van der Waals surface area (Å²) in [4.78, 5) is 0. The topological polar surface area (TPSA) is 61.3 Å². The first-order valence-electron chi connectivity index (χ1n) is 3.87. The van der Waals surface area contributed by atoms with Crippen molar-refractivity contribution in [3.8, 4) is 5.75 Å². The van der Waals surface area contributed by atoms with Crippen molar-refractivity contribution in [2.45, 2.75) is 6.04 Å². The summed E-state index contributed by atoms with van der Waals surface area (Å²) in [5, 5.41) is 0. The molecule has 0 saturated carbocycles. The molecule has 4 heteroatoms. The van der Waals surface area contributed by atoms with Crippen LogP contribution in [0.15, 0.2) is 24.3 Å². The molecule has 1 atom stereocenters. The van der Waals surface area contributed by atoms with Crippen LogP contribution in [-0.4, -0.2) is 13.7 Å². The van der Waals surface area contributed by atoms with Crippen LogP contribution in [0.1, 0.15) is 11.6 Å². The molecule has 0 aliphatic heterocycles. The van der Waals surface area contributed by atoms with Crippen LogP contribution in [0.25, 0.3) is 0 Å². The van der Waals surface area contributed by atoms with Gasteiger partial charge in [0.15, 0.2) is 0 Å². The lowest BCUT2D eigenvalue weighted by atomic mass is 10.1. The Kier molecular flexibility index (Phi) is 5.46. The molecule has 0 saturated heterocycles. The molecule has 0 spiro atoms. The molecular formula is C9H15ClN2O. The third kappa shape index (κ3) is 3.22. The first-order chi connectivity index (χ1) is 5.77. The first-order valence-corrected chi connectivity index (χ1v) is 3.87. The maximum atomic E-state index is 5.74. The highest BCUT2D eigenvalue weighted by Gasteiger charge is 2.03. The second-order valence-electron chi connectivity index (χ2n) is 2.62. The van der Waals surface area contributed by atoms with Crippen molar-refractivity contribution in [2.24, 2.45) is 11.5 Å². The average molecular weight is 203 g/mol. The van der Waals surface area contributed by atoms with E-state index in [1.54, 1.807) is 7.11 Å². The van der Waals surface area contributed by atoms with Crippen molar-refractivity contribution in [1.82, 2.24) is 0 Å². The van der Waals surface area contributed by atoms with E-state index >= 15 is 0 Å². The van der Waals surface area contributed by atoms with Crippen molar-refractivity contribution >= 4 is 12.4 Å². The first kappa shape index (κ1) is 12.2. The summed E-state index contributed by atoms with van der Waals surface area (Å²) in [7, 11) is 1.63. The van der Waals surface area contributed by atoms with Crippen LogP contribution in [-0.2, 0) is 0 Å². The molecule has 1 aromatic carbocycles. The third-order valence-corrected chi connectivity index (χ3v) is 1.78. The molecule has 0 aromatic heterocycles. The van der Waals surface area contributed by atoms with Crippen LogP contribution >= 0.6 is 12.4 Å². The number of hydrogen-bond donors (Lipinski definition) is 2. The van der Waals surface area contributed by atoms with Gasteiger partial charge in [0.05, 0.1) is 7.11 Å². The minimum Gasteiger partial charge on any atom is -0.497 e. The monoisotopic (exact) mass is 202 g/mol. The number of hydrogen-bond acceptors (Lipinski definition) is 3. The van der Waals surface area contributed by atoms with Crippen LogP contribution < -0.4 is 16.2 Å². The number of benzene rings is 1. The van der Waals surface area contributed by atoms with E-state index in [0.717, 1.165) is 11.3 Å². The predicted molar refractivity (Wildman–Crippen MR) is 56.2 cm³/mol. The van der Waals surface area contributed by atoms with Crippen molar-refractivity contribution in [3.63, 3.8) is 0 Å². The second kappa shape index (κ2) is 5.80. The van der Waals surface area contributed by atoms with Gasteiger partial charge in [-0.1, -0.05) is 12.1 Å². The number of ether oxygens (including phenoxy) is 1. The van der Waals surface area contributed by atoms with E-state index in [0.29, 0.717) is 6.54 Å². The number of nitrogens with two attached hydrogens (primary N) is 2. The molecule has 0 unspecified atom stereocenters. The summed E-state index contributed by atoms with van der Waals surface area (Å²) in [5.41, 5.74) is 12.2. The molecule has 13 heavy (non-hydrogen) atoms. The van der Waals surface area contributed by atoms with Gasteiger partial charge < -0.3 is 16.2 Å². The van der Waals surface area contributed by atoms with Crippen LogP contribution in [0.3, 0.4) is 0 Å². The lowest BCUT2D eigenvalue weighted by Gasteiger charge is -2.09. The average Bonchev–Trinajstić information content (AvgIpc) is 2.17. The molecule has 0 amide bonds. The van der Waals surface area contributed by atoms with Gasteiger partial charge in [-0.25, -0.2) is 0 Å². The highest BCUT2D eigenvalue weighted by atomic mass is 35.5. The lowest BCUT2D eigenvalue weighted by Crippen LogP contribution is -2.20. The number of methoxy groups -OCH3 is 1. The zero-order valence-electron chi connectivity index (χ0n) is 7.57. The highest BCUT2D eigenvalue weighted by molar-refractivity contribution is 5.85. The Balaban J connectivity index is 0.00000144. The van der Waals surface area contributed by atoms with Gasteiger partial charge in [0.2, 0.25) is 0 Å². The summed E-state index contributed by atoms with van der Waals surface area (Å²) >= 11 is 0. The molecule has 4 N–H and O–H groups in total. The number of halogens is 1. The predicted octanol–water partition coefficient (Wildman–Crippen LogP) is 1.08. The Hall–Kier alpha value is -0.770. The molecule has 0 radical (unpaired) electrons. The molecule has 0 fully saturated rings. The number of rotatable bonds is 3. The Morgan fingerprint density at radius 1 is 1.46 bits per heavy atom. The van der Waals surface area contributed by atoms with Gasteiger partial charge in [-0.2, -0.15) is 0 Å². The second-order valence-corrected chi connectivity index (χ2v) is 2.62. The van der Waals surface area contributed by atoms with Crippen LogP contribution in [0.2, 0.25) is 0 Å². The SMILES string of the molecule is COc1cccc([C@H](N)CN)c1.Cl. The van der Waals surface area contributed by atoms with Gasteiger partial charge in [0, 0.05) is 12.6 Å². The summed E-state index contributed by atoms with van der Waals surface area (Å²) in [6, 6.07) is 7.54. The van der Waals surface area contributed by atoms with Gasteiger partial charge in [-0.05, 0) is 17.7 Å². The maximum Gasteiger partial charge on any atom is 0.119 e. The third-order valence-electron chi connectivity index (χ3n) is 1.78. The Labute approximate surface area is 84.5 Å². The van der Waals surface area contributed by atoms with Gasteiger partial charge in [0.25, 0.3) is 0 Å². The van der Waals surface area contributed by atoms with Crippen molar-refractivity contribution < 1.29 is 4.74 Å². The van der Waals surface area contributed by atoms with Gasteiger partial charge in [0.1, 0.15) is 5.75 Å². The summed E-state index contributed by atoms with van der Waals surface area (Å²) < 4.78 is 5.05. The zero-order chi connectivity index (χ0) is 8.97. The van der Waals surface area contributed by atoms with E-state index in [-0.39, 0.29) is 18.4 Å². The normalized spacial score (nSPS) is 11.6. The zero-order valence-corrected chi connectivity index (χ0v) is 8.38. The summed E-state index contributed by atoms with van der Waals surface area (Å²) in [6.07, 6.45) is 0. The molecule has 0 aliphatic carbocycles. The van der Waals surface area contributed by atoms with E-state index in [9.17, 15) is 0 Å². The van der Waals surface area contributed by atoms with E-state index < -0.39 is 0 Å². The Bertz CT molecular complexity index is 255. The smallest absolute Gasteiger partial charge is 0.119 e. The molecule has 0 bridgehead atoms. The minimum absolute atomic E-state index is 0. The molecule has 0 heterocycles. The molecule has 74 valence electrons. The van der Waals surface area contributed by atoms with Crippen molar-refractivity contribution in [3.05, 3.63) is 29.8 Å². The van der Waals surface area contributed by atoms with E-state index in [1.807, 2.05) is 24.3 Å². The molecule has 1 aromatic rings. The van der Waals surface area contributed by atoms with Crippen LogP contribution in [0.5, 0.6) is 5.75 Å². The fourth-order valence-electron chi connectivity index (χ4n) is 1.01. The van der Waals surface area contributed by atoms with E-state index in [1.165, 1.54) is 0 Å². The van der Waals surface area contributed by atoms with Crippen LogP contribution in [0, 0.1) is 0 Å². The van der Waals surface area contributed by atoms with E-state index in [4.69, 9.17) is 16.2 Å². The van der Waals surface area contributed by atoms with Crippen molar-refractivity contribution in [1.29, 1.82) is 0 Å². The summed E-state index contributed by atoms with van der Waals surface area (Å²) in [5.74, 6) is 0.816. The largest absolute Gasteiger partial charge is 0.497 e. The quantitative estimate of drug-likeness (QED) is 0.771. The standard InChI is InChI=1S/C9H14N2O.ClH/c1-12-8-4-2-3-7(5-8)9(11)6-10;/h2-5,9H,6,10-11H2,1H3;1H/t9-;/m1./s1. The Morgan fingerprint density at radius 2 is 2.15 bits per heavy atom. The fraction of sp³-hybridized carbons (Fsp3) is 0.333. The van der Waals surface area contributed by atoms with Gasteiger partial charge in [-0.15, -0.1) is 12.4 Å². The molecule has 0 aliphatic rings. The van der Waals surface area contributed by atoms with Crippen molar-refractivity contribution in [2.75, 3.05) is 13.7 Å². The fourth-order valence-corrected chi connectivity index (χ4v) is 1.01. The van der Waals surface area contributed by atoms with E-state index in [2.05, 4.69) is 0 Å². The van der Waals surface area contributed by atoms with Crippen LogP contribution in [0.4, 0.5) is 0 Å². The lowest BCUT2D eigenvalue weighted by molar-refractivity contribution is 0.414. The maximum absolute atomic E-state index is 5.74. The summed E-state index contributed by atoms with van der Waals surface area (Å²) in [6.45, 7) is 0.452. The molecule has 1 rings (SSSR count). The van der Waals surface area contributed by atoms with Gasteiger partial charge >= 0.3 is 0 Å². The van der Waals surface area contributed by atoms with Gasteiger partial charge in [-0.3, -0.25) is 0 Å².